The molecule has 8 heteroatoms. The van der Waals surface area contributed by atoms with E-state index in [0.717, 1.165) is 34.1 Å². The lowest BCUT2D eigenvalue weighted by molar-refractivity contribution is -0.116. The number of hydrogen-bond acceptors (Lipinski definition) is 4. The van der Waals surface area contributed by atoms with E-state index in [1.165, 1.54) is 0 Å². The summed E-state index contributed by atoms with van der Waals surface area (Å²) in [6.45, 7) is 2.47. The van der Waals surface area contributed by atoms with Gasteiger partial charge in [0.1, 0.15) is 5.75 Å². The number of amides is 1. The van der Waals surface area contributed by atoms with E-state index in [1.807, 2.05) is 85.9 Å². The summed E-state index contributed by atoms with van der Waals surface area (Å²) in [7, 11) is 1.66. The van der Waals surface area contributed by atoms with Crippen molar-refractivity contribution in [1.82, 2.24) is 19.8 Å². The van der Waals surface area contributed by atoms with Crippen LogP contribution in [0.4, 0.5) is 5.69 Å². The van der Waals surface area contributed by atoms with Crippen molar-refractivity contribution in [3.8, 4) is 11.4 Å². The van der Waals surface area contributed by atoms with Crippen LogP contribution in [0.1, 0.15) is 35.5 Å². The summed E-state index contributed by atoms with van der Waals surface area (Å²) in [5.41, 5.74) is 4.84. The molecule has 2 unspecified atom stereocenters. The summed E-state index contributed by atoms with van der Waals surface area (Å²) in [5, 5.41) is 7.07. The molecule has 0 saturated carbocycles. The second-order valence-electron chi connectivity index (χ2n) is 8.99. The van der Waals surface area contributed by atoms with Crippen LogP contribution in [0.15, 0.2) is 91.3 Å². The zero-order chi connectivity index (χ0) is 25.8. The minimum Gasteiger partial charge on any atom is -0.497 e. The fourth-order valence-electron chi connectivity index (χ4n) is 4.75. The van der Waals surface area contributed by atoms with E-state index in [4.69, 9.17) is 17.0 Å². The molecule has 1 aliphatic rings. The molecule has 1 saturated heterocycles. The highest BCUT2D eigenvalue weighted by atomic mass is 32.1. The Morgan fingerprint density at radius 2 is 1.92 bits per heavy atom. The van der Waals surface area contributed by atoms with E-state index in [9.17, 15) is 4.79 Å². The number of methoxy groups -OCH3 is 1. The molecule has 1 aliphatic heterocycles. The average Bonchev–Trinajstić information content (AvgIpc) is 3.52. The van der Waals surface area contributed by atoms with Gasteiger partial charge in [-0.05, 0) is 85.4 Å². The largest absolute Gasteiger partial charge is 0.497 e. The van der Waals surface area contributed by atoms with Crippen molar-refractivity contribution >= 4 is 28.9 Å². The highest BCUT2D eigenvalue weighted by Crippen LogP contribution is 2.39. The maximum Gasteiger partial charge on any atom is 0.226 e. The maximum absolute atomic E-state index is 12.8. The Morgan fingerprint density at radius 3 is 2.65 bits per heavy atom. The molecule has 4 aromatic rings. The van der Waals surface area contributed by atoms with Crippen LogP contribution < -0.4 is 15.4 Å². The van der Waals surface area contributed by atoms with Gasteiger partial charge in [-0.25, -0.2) is 0 Å². The number of ether oxygens (including phenoxy) is 1. The lowest BCUT2D eigenvalue weighted by Gasteiger charge is -2.29. The molecule has 2 aromatic carbocycles. The quantitative estimate of drug-likeness (QED) is 0.317. The van der Waals surface area contributed by atoms with Crippen molar-refractivity contribution in [2.45, 2.75) is 25.4 Å². The summed E-state index contributed by atoms with van der Waals surface area (Å²) in [4.78, 5) is 19.6. The fourth-order valence-corrected chi connectivity index (χ4v) is 5.08. The second-order valence-corrected chi connectivity index (χ2v) is 9.38. The number of aromatic nitrogens is 2. The summed E-state index contributed by atoms with van der Waals surface area (Å²) >= 11 is 5.79. The number of pyridine rings is 1. The number of aryl methyl sites for hydroxylation is 1. The highest BCUT2D eigenvalue weighted by molar-refractivity contribution is 7.80. The third-order valence-electron chi connectivity index (χ3n) is 6.51. The number of nitrogens with one attached hydrogen (secondary N) is 2. The van der Waals surface area contributed by atoms with Crippen molar-refractivity contribution in [2.24, 2.45) is 0 Å². The second kappa shape index (κ2) is 10.8. The van der Waals surface area contributed by atoms with E-state index in [1.54, 1.807) is 13.3 Å². The standard InChI is InChI=1S/C29H29N5O2S/c1-20-7-5-8-21(19-20)31-26(35)15-18-34-28(27(32-29(34)37)24-9-3-4-16-30-24)25-10-6-17-33(25)22-11-13-23(36-2)14-12-22/h3-14,16-17,19,27-28H,15,18H2,1-2H3,(H,31,35)(H,32,37). The van der Waals surface area contributed by atoms with E-state index < -0.39 is 0 Å². The van der Waals surface area contributed by atoms with Gasteiger partial charge in [-0.1, -0.05) is 18.2 Å². The molecule has 1 fully saturated rings. The normalized spacial score (nSPS) is 16.9. The van der Waals surface area contributed by atoms with Crippen LogP contribution in [0.25, 0.3) is 5.69 Å². The van der Waals surface area contributed by atoms with Gasteiger partial charge in [0.2, 0.25) is 5.91 Å². The molecule has 7 nitrogen and oxygen atoms in total. The molecule has 37 heavy (non-hydrogen) atoms. The predicted molar refractivity (Wildman–Crippen MR) is 149 cm³/mol. The Bertz CT molecular complexity index is 1390. The van der Waals surface area contributed by atoms with Crippen molar-refractivity contribution in [3.63, 3.8) is 0 Å². The van der Waals surface area contributed by atoms with Crippen LogP contribution in [-0.4, -0.2) is 39.1 Å². The van der Waals surface area contributed by atoms with Crippen LogP contribution in [0, 0.1) is 6.92 Å². The number of nitrogens with zero attached hydrogens (tertiary/aromatic N) is 3. The highest BCUT2D eigenvalue weighted by Gasteiger charge is 2.41. The predicted octanol–water partition coefficient (Wildman–Crippen LogP) is 5.19. The summed E-state index contributed by atoms with van der Waals surface area (Å²) in [6, 6.07) is 25.4. The van der Waals surface area contributed by atoms with E-state index in [2.05, 4.69) is 31.2 Å². The van der Waals surface area contributed by atoms with E-state index >= 15 is 0 Å². The molecule has 3 heterocycles. The lowest BCUT2D eigenvalue weighted by atomic mass is 10.0. The molecule has 5 rings (SSSR count). The number of carbonyl (C=O) groups is 1. The molecule has 2 aromatic heterocycles. The van der Waals surface area contributed by atoms with Crippen LogP contribution in [0.2, 0.25) is 0 Å². The first-order valence-electron chi connectivity index (χ1n) is 12.2. The minimum absolute atomic E-state index is 0.0565. The molecule has 188 valence electrons. The molecule has 0 bridgehead atoms. The zero-order valence-corrected chi connectivity index (χ0v) is 21.6. The van der Waals surface area contributed by atoms with Crippen LogP contribution in [0.3, 0.4) is 0 Å². The molecule has 2 atom stereocenters. The van der Waals surface area contributed by atoms with Crippen molar-refractivity contribution in [2.75, 3.05) is 19.0 Å². The average molecular weight is 512 g/mol. The minimum atomic E-state index is -0.166. The summed E-state index contributed by atoms with van der Waals surface area (Å²) < 4.78 is 7.48. The van der Waals surface area contributed by atoms with Gasteiger partial charge in [-0.15, -0.1) is 0 Å². The molecular formula is C29H29N5O2S. The van der Waals surface area contributed by atoms with E-state index in [0.29, 0.717) is 18.1 Å². The van der Waals surface area contributed by atoms with Crippen molar-refractivity contribution in [1.29, 1.82) is 0 Å². The van der Waals surface area contributed by atoms with Crippen LogP contribution >= 0.6 is 12.2 Å². The van der Waals surface area contributed by atoms with Gasteiger partial charge in [0.25, 0.3) is 0 Å². The molecule has 0 aliphatic carbocycles. The maximum atomic E-state index is 12.8. The number of hydrogen-bond donors (Lipinski definition) is 2. The Kier molecular flexibility index (Phi) is 7.18. The molecule has 0 radical (unpaired) electrons. The zero-order valence-electron chi connectivity index (χ0n) is 20.8. The number of anilines is 1. The van der Waals surface area contributed by atoms with E-state index in [-0.39, 0.29) is 18.0 Å². The fraction of sp³-hybridized carbons (Fsp3) is 0.207. The van der Waals surface area contributed by atoms with Crippen molar-refractivity contribution < 1.29 is 9.53 Å². The first-order valence-corrected chi connectivity index (χ1v) is 12.6. The third-order valence-corrected chi connectivity index (χ3v) is 6.87. The van der Waals surface area contributed by atoms with Crippen molar-refractivity contribution in [3.05, 3.63) is 108 Å². The first kappa shape index (κ1) is 24.5. The monoisotopic (exact) mass is 511 g/mol. The van der Waals surface area contributed by atoms with Gasteiger partial charge in [-0.3, -0.25) is 9.78 Å². The van der Waals surface area contributed by atoms with Gasteiger partial charge in [0.05, 0.1) is 24.9 Å². The molecule has 1 amide bonds. The molecule has 0 spiro atoms. The molecular weight excluding hydrogens is 482 g/mol. The Morgan fingerprint density at radius 1 is 1.08 bits per heavy atom. The SMILES string of the molecule is COc1ccc(-n2cccc2C2C(c3ccccn3)NC(=S)N2CCC(=O)Nc2cccc(C)c2)cc1. The Hall–Kier alpha value is -4.17. The number of carbonyl (C=O) groups excluding carboxylic acids is 1. The number of thiocarbonyl (C=S) groups is 1. The summed E-state index contributed by atoms with van der Waals surface area (Å²) in [6.07, 6.45) is 4.12. The number of rotatable bonds is 8. The van der Waals surface area contributed by atoms with Crippen LogP contribution in [-0.2, 0) is 4.79 Å². The topological polar surface area (TPSA) is 71.4 Å². The van der Waals surface area contributed by atoms with Gasteiger partial charge in [0, 0.05) is 42.4 Å². The third kappa shape index (κ3) is 5.34. The van der Waals surface area contributed by atoms with Gasteiger partial charge in [0.15, 0.2) is 5.11 Å². The smallest absolute Gasteiger partial charge is 0.226 e. The van der Waals surface area contributed by atoms with Gasteiger partial charge in [-0.2, -0.15) is 0 Å². The Labute approximate surface area is 222 Å². The Balaban J connectivity index is 1.43. The van der Waals surface area contributed by atoms with Crippen LogP contribution in [0.5, 0.6) is 5.75 Å². The van der Waals surface area contributed by atoms with Gasteiger partial charge >= 0.3 is 0 Å². The number of benzene rings is 2. The van der Waals surface area contributed by atoms with Gasteiger partial charge < -0.3 is 24.8 Å². The lowest BCUT2D eigenvalue weighted by Crippen LogP contribution is -2.33. The summed E-state index contributed by atoms with van der Waals surface area (Å²) in [5.74, 6) is 0.743. The molecule has 2 N–H and O–H groups in total. The first-order chi connectivity index (χ1) is 18.0.